The Kier molecular flexibility index (Phi) is 7.82. The summed E-state index contributed by atoms with van der Waals surface area (Å²) in [6.45, 7) is 13.4. The topological polar surface area (TPSA) is 65.1 Å². The predicted octanol–water partition coefficient (Wildman–Crippen LogP) is 4.95. The SMILES string of the molecule is C=C1CCC(N2Cc3cc(O[C@H]4CN(Cc5ccc6ccccc6c5)CC[C@@H]4N(CC)CC)ccc3C2=O)C(=O)N1. The van der Waals surface area contributed by atoms with Crippen molar-refractivity contribution in [2.75, 3.05) is 26.2 Å². The normalized spacial score (nSPS) is 23.2. The number of benzene rings is 3. The van der Waals surface area contributed by atoms with Crippen molar-refractivity contribution in [1.82, 2.24) is 20.0 Å². The standard InChI is InChI=1S/C34H40N4O3/c1-4-37(5-2)30-16-17-36(20-24-11-12-25-8-6-7-9-26(25)18-24)22-32(30)41-28-13-14-29-27(19-28)21-38(34(29)40)31-15-10-23(3)35-33(31)39/h6-9,11-14,18-19,30-32H,3-5,10,15-17,20-22H2,1-2H3,(H,35,39)/t30-,31?,32-/m0/s1. The Morgan fingerprint density at radius 3 is 2.59 bits per heavy atom. The number of allylic oxidation sites excluding steroid dienone is 1. The van der Waals surface area contributed by atoms with E-state index >= 15 is 0 Å². The van der Waals surface area contributed by atoms with Crippen molar-refractivity contribution in [3.63, 3.8) is 0 Å². The number of fused-ring (bicyclic) bond motifs is 2. The number of nitrogens with zero attached hydrogens (tertiary/aromatic N) is 3. The molecule has 3 heterocycles. The Hall–Kier alpha value is -3.68. The van der Waals surface area contributed by atoms with Crippen LogP contribution < -0.4 is 10.1 Å². The third-order valence-electron chi connectivity index (χ3n) is 9.00. The van der Waals surface area contributed by atoms with E-state index in [1.54, 1.807) is 4.90 Å². The lowest BCUT2D eigenvalue weighted by molar-refractivity contribution is -0.126. The fraction of sp³-hybridized carbons (Fsp3) is 0.412. The molecule has 3 aliphatic rings. The number of rotatable bonds is 8. The van der Waals surface area contributed by atoms with Gasteiger partial charge in [0.1, 0.15) is 17.9 Å². The minimum atomic E-state index is -0.459. The van der Waals surface area contributed by atoms with Gasteiger partial charge >= 0.3 is 0 Å². The van der Waals surface area contributed by atoms with Crippen molar-refractivity contribution < 1.29 is 14.3 Å². The van der Waals surface area contributed by atoms with Crippen molar-refractivity contribution in [3.05, 3.63) is 89.6 Å². The van der Waals surface area contributed by atoms with E-state index in [1.165, 1.54) is 16.3 Å². The summed E-state index contributed by atoms with van der Waals surface area (Å²) in [5, 5.41) is 5.35. The minimum Gasteiger partial charge on any atom is -0.487 e. The number of hydrogen-bond donors (Lipinski definition) is 1. The van der Waals surface area contributed by atoms with Gasteiger partial charge in [0, 0.05) is 43.5 Å². The Morgan fingerprint density at radius 1 is 1.00 bits per heavy atom. The second-order valence-corrected chi connectivity index (χ2v) is 11.5. The summed E-state index contributed by atoms with van der Waals surface area (Å²) in [4.78, 5) is 32.5. The molecule has 1 N–H and O–H groups in total. The van der Waals surface area contributed by atoms with Crippen molar-refractivity contribution in [2.45, 2.75) is 64.4 Å². The van der Waals surface area contributed by atoms with E-state index < -0.39 is 6.04 Å². The number of ether oxygens (including phenoxy) is 1. The lowest BCUT2D eigenvalue weighted by Crippen LogP contribution is -2.56. The fourth-order valence-electron chi connectivity index (χ4n) is 6.81. The number of nitrogens with one attached hydrogen (secondary N) is 1. The van der Waals surface area contributed by atoms with Gasteiger partial charge in [-0.3, -0.25) is 19.4 Å². The van der Waals surface area contributed by atoms with Crippen LogP contribution in [-0.2, 0) is 17.9 Å². The van der Waals surface area contributed by atoms with E-state index in [4.69, 9.17) is 4.74 Å². The molecular weight excluding hydrogens is 512 g/mol. The zero-order valence-electron chi connectivity index (χ0n) is 24.1. The van der Waals surface area contributed by atoms with Crippen molar-refractivity contribution >= 4 is 22.6 Å². The number of carbonyl (C=O) groups is 2. The van der Waals surface area contributed by atoms with Gasteiger partial charge in [0.2, 0.25) is 5.91 Å². The smallest absolute Gasteiger partial charge is 0.255 e. The average Bonchev–Trinajstić information content (AvgIpc) is 3.29. The molecule has 7 heteroatoms. The zero-order chi connectivity index (χ0) is 28.5. The summed E-state index contributed by atoms with van der Waals surface area (Å²) in [6.07, 6.45) is 2.34. The van der Waals surface area contributed by atoms with Gasteiger partial charge in [-0.05, 0) is 78.5 Å². The number of likely N-dealkylation sites (tertiary alicyclic amines) is 1. The summed E-state index contributed by atoms with van der Waals surface area (Å²) in [7, 11) is 0. The Labute approximate surface area is 242 Å². The first kappa shape index (κ1) is 27.5. The zero-order valence-corrected chi connectivity index (χ0v) is 24.1. The Balaban J connectivity index is 1.18. The maximum atomic E-state index is 13.2. The highest BCUT2D eigenvalue weighted by molar-refractivity contribution is 6.01. The predicted molar refractivity (Wildman–Crippen MR) is 162 cm³/mol. The molecule has 214 valence electrons. The lowest BCUT2D eigenvalue weighted by Gasteiger charge is -2.43. The van der Waals surface area contributed by atoms with Crippen LogP contribution in [0.3, 0.4) is 0 Å². The molecule has 6 rings (SSSR count). The van der Waals surface area contributed by atoms with Gasteiger partial charge in [-0.2, -0.15) is 0 Å². The van der Waals surface area contributed by atoms with Crippen LogP contribution in [0.25, 0.3) is 10.8 Å². The first-order chi connectivity index (χ1) is 19.9. The van der Waals surface area contributed by atoms with Crippen molar-refractivity contribution in [3.8, 4) is 5.75 Å². The number of amides is 2. The molecule has 2 fully saturated rings. The first-order valence-electron chi connectivity index (χ1n) is 15.0. The second-order valence-electron chi connectivity index (χ2n) is 11.5. The fourth-order valence-corrected chi connectivity index (χ4v) is 6.81. The molecule has 2 saturated heterocycles. The van der Waals surface area contributed by atoms with Crippen LogP contribution in [0, 0.1) is 0 Å². The van der Waals surface area contributed by atoms with E-state index in [0.29, 0.717) is 31.0 Å². The van der Waals surface area contributed by atoms with Crippen LogP contribution in [0.4, 0.5) is 0 Å². The van der Waals surface area contributed by atoms with Crippen LogP contribution in [0.1, 0.15) is 54.6 Å². The Bertz CT molecular complexity index is 1470. The molecule has 0 bridgehead atoms. The lowest BCUT2D eigenvalue weighted by atomic mass is 9.98. The quantitative estimate of drug-likeness (QED) is 0.428. The van der Waals surface area contributed by atoms with Gasteiger partial charge < -0.3 is 15.0 Å². The van der Waals surface area contributed by atoms with Gasteiger partial charge in [0.15, 0.2) is 0 Å². The Morgan fingerprint density at radius 2 is 1.80 bits per heavy atom. The highest BCUT2D eigenvalue weighted by Gasteiger charge is 2.39. The van der Waals surface area contributed by atoms with Crippen LogP contribution >= 0.6 is 0 Å². The minimum absolute atomic E-state index is 0.00509. The van der Waals surface area contributed by atoms with Crippen molar-refractivity contribution in [1.29, 1.82) is 0 Å². The molecule has 3 aromatic rings. The molecule has 0 aliphatic carbocycles. The molecule has 3 aromatic carbocycles. The molecule has 41 heavy (non-hydrogen) atoms. The molecule has 3 atom stereocenters. The molecule has 0 aromatic heterocycles. The van der Waals surface area contributed by atoms with Crippen LogP contribution in [-0.4, -0.2) is 70.9 Å². The summed E-state index contributed by atoms with van der Waals surface area (Å²) < 4.78 is 6.76. The first-order valence-corrected chi connectivity index (χ1v) is 15.0. The molecule has 2 amide bonds. The molecule has 7 nitrogen and oxygen atoms in total. The number of likely N-dealkylation sites (N-methyl/N-ethyl adjacent to an activating group) is 1. The number of carbonyl (C=O) groups excluding carboxylic acids is 2. The van der Waals surface area contributed by atoms with E-state index in [0.717, 1.165) is 56.2 Å². The summed E-state index contributed by atoms with van der Waals surface area (Å²) in [5.41, 5.74) is 3.62. The monoisotopic (exact) mass is 552 g/mol. The summed E-state index contributed by atoms with van der Waals surface area (Å²) in [6, 6.07) is 20.9. The highest BCUT2D eigenvalue weighted by atomic mass is 16.5. The van der Waals surface area contributed by atoms with Crippen LogP contribution in [0.2, 0.25) is 0 Å². The van der Waals surface area contributed by atoms with E-state index in [9.17, 15) is 9.59 Å². The molecule has 3 aliphatic heterocycles. The maximum Gasteiger partial charge on any atom is 0.255 e. The molecular formula is C34H40N4O3. The highest BCUT2D eigenvalue weighted by Crippen LogP contribution is 2.32. The van der Waals surface area contributed by atoms with Gasteiger partial charge in [-0.15, -0.1) is 0 Å². The maximum absolute atomic E-state index is 13.2. The van der Waals surface area contributed by atoms with E-state index in [2.05, 4.69) is 78.0 Å². The third kappa shape index (κ3) is 5.61. The van der Waals surface area contributed by atoms with Gasteiger partial charge in [-0.25, -0.2) is 0 Å². The molecule has 0 spiro atoms. The third-order valence-corrected chi connectivity index (χ3v) is 9.00. The number of hydrogen-bond acceptors (Lipinski definition) is 5. The average molecular weight is 553 g/mol. The van der Waals surface area contributed by atoms with E-state index in [1.807, 2.05) is 18.2 Å². The summed E-state index contributed by atoms with van der Waals surface area (Å²) in [5.74, 6) is 0.559. The molecule has 0 saturated carbocycles. The molecule has 1 unspecified atom stereocenters. The van der Waals surface area contributed by atoms with Gasteiger partial charge in [-0.1, -0.05) is 56.8 Å². The van der Waals surface area contributed by atoms with Crippen molar-refractivity contribution in [2.24, 2.45) is 0 Å². The van der Waals surface area contributed by atoms with Crippen LogP contribution in [0.5, 0.6) is 5.75 Å². The van der Waals surface area contributed by atoms with E-state index in [-0.39, 0.29) is 17.9 Å². The number of piperidine rings is 2. The molecule has 0 radical (unpaired) electrons. The van der Waals surface area contributed by atoms with Gasteiger partial charge in [0.25, 0.3) is 5.91 Å². The largest absolute Gasteiger partial charge is 0.487 e. The summed E-state index contributed by atoms with van der Waals surface area (Å²) >= 11 is 0. The van der Waals surface area contributed by atoms with Crippen LogP contribution in [0.15, 0.2) is 72.9 Å². The van der Waals surface area contributed by atoms with Gasteiger partial charge in [0.05, 0.1) is 0 Å². The second kappa shape index (κ2) is 11.7.